The second-order valence-corrected chi connectivity index (χ2v) is 8.84. The number of hydrogen-bond donors (Lipinski definition) is 2. The quantitative estimate of drug-likeness (QED) is 0.760. The number of primary amides is 1. The zero-order valence-electron chi connectivity index (χ0n) is 16.9. The van der Waals surface area contributed by atoms with Crippen molar-refractivity contribution in [2.45, 2.75) is 70.6 Å². The molecule has 1 aliphatic heterocycles. The molecule has 3 fully saturated rings. The molecule has 3 aliphatic rings. The van der Waals surface area contributed by atoms with Gasteiger partial charge < -0.3 is 15.8 Å². The highest BCUT2D eigenvalue weighted by Gasteiger charge is 2.57. The molecule has 1 spiro atoms. The van der Waals surface area contributed by atoms with Crippen LogP contribution >= 0.6 is 0 Å². The largest absolute Gasteiger partial charge is 0.474 e. The molecule has 0 bridgehead atoms. The summed E-state index contributed by atoms with van der Waals surface area (Å²) in [7, 11) is 0. The Bertz CT molecular complexity index is 810. The summed E-state index contributed by atoms with van der Waals surface area (Å²) >= 11 is 0. The minimum absolute atomic E-state index is 0.0235. The van der Waals surface area contributed by atoms with Crippen LogP contribution in [0.5, 0.6) is 5.88 Å². The van der Waals surface area contributed by atoms with Crippen LogP contribution in [0.25, 0.3) is 0 Å². The summed E-state index contributed by atoms with van der Waals surface area (Å²) in [5.74, 6) is -0.0571. The minimum Gasteiger partial charge on any atom is -0.474 e. The number of amides is 4. The molecule has 2 atom stereocenters. The van der Waals surface area contributed by atoms with Gasteiger partial charge in [0.15, 0.2) is 0 Å². The van der Waals surface area contributed by atoms with E-state index in [9.17, 15) is 14.4 Å². The summed E-state index contributed by atoms with van der Waals surface area (Å²) in [4.78, 5) is 42.1. The van der Waals surface area contributed by atoms with Crippen LogP contribution in [0.3, 0.4) is 0 Å². The van der Waals surface area contributed by atoms with E-state index in [1.165, 1.54) is 4.90 Å². The first-order valence-electron chi connectivity index (χ1n) is 10.4. The van der Waals surface area contributed by atoms with E-state index >= 15 is 0 Å². The Morgan fingerprint density at radius 1 is 1.38 bits per heavy atom. The summed E-state index contributed by atoms with van der Waals surface area (Å²) in [6, 6.07) is 2.91. The molecule has 29 heavy (non-hydrogen) atoms. The van der Waals surface area contributed by atoms with Crippen LogP contribution in [0.1, 0.15) is 62.7 Å². The van der Waals surface area contributed by atoms with E-state index in [2.05, 4.69) is 24.1 Å². The third-order valence-electron chi connectivity index (χ3n) is 6.86. The van der Waals surface area contributed by atoms with Crippen molar-refractivity contribution >= 4 is 17.8 Å². The number of urea groups is 1. The van der Waals surface area contributed by atoms with Crippen LogP contribution in [-0.4, -0.2) is 45.9 Å². The SMILES string of the molecule is CC[C@H](C)[C@H]1CC(=O)N(C2CC3(CC(Oc4ncccc4C(N)=O)C3)C2)C(=O)N1. The molecule has 1 saturated heterocycles. The number of pyridine rings is 1. The molecule has 8 heteroatoms. The number of hydrogen-bond acceptors (Lipinski definition) is 5. The van der Waals surface area contributed by atoms with Crippen molar-refractivity contribution in [3.8, 4) is 5.88 Å². The molecule has 0 unspecified atom stereocenters. The van der Waals surface area contributed by atoms with Gasteiger partial charge in [-0.25, -0.2) is 9.78 Å². The maximum Gasteiger partial charge on any atom is 0.324 e. The van der Waals surface area contributed by atoms with Crippen molar-refractivity contribution in [3.63, 3.8) is 0 Å². The fourth-order valence-electron chi connectivity index (χ4n) is 4.95. The van der Waals surface area contributed by atoms with Crippen LogP contribution in [-0.2, 0) is 4.79 Å². The van der Waals surface area contributed by atoms with Crippen molar-refractivity contribution in [2.75, 3.05) is 0 Å². The van der Waals surface area contributed by atoms with Gasteiger partial charge in [-0.3, -0.25) is 14.5 Å². The van der Waals surface area contributed by atoms with Crippen molar-refractivity contribution in [1.29, 1.82) is 0 Å². The summed E-state index contributed by atoms with van der Waals surface area (Å²) in [5.41, 5.74) is 5.77. The number of ether oxygens (including phenoxy) is 1. The lowest BCUT2D eigenvalue weighted by molar-refractivity contribution is -0.145. The lowest BCUT2D eigenvalue weighted by atomic mass is 9.52. The highest BCUT2D eigenvalue weighted by Crippen LogP contribution is 2.58. The van der Waals surface area contributed by atoms with Gasteiger partial charge in [-0.05, 0) is 49.1 Å². The standard InChI is InChI=1S/C21H28N4O4/c1-3-12(2)16-7-17(26)25(20(28)24-16)13-8-21(9-13)10-14(11-21)29-19-15(18(22)27)5-4-6-23-19/h4-6,12-14,16H,3,7-11H2,1-2H3,(H2,22,27)(H,24,28)/t12-,13?,14?,16+,21?/m0/s1. The maximum absolute atomic E-state index is 12.6. The number of nitrogens with zero attached hydrogens (tertiary/aromatic N) is 2. The van der Waals surface area contributed by atoms with Gasteiger partial charge in [-0.2, -0.15) is 0 Å². The van der Waals surface area contributed by atoms with Crippen molar-refractivity contribution < 1.29 is 19.1 Å². The molecule has 1 aromatic heterocycles. The van der Waals surface area contributed by atoms with E-state index in [0.717, 1.165) is 32.1 Å². The number of nitrogens with one attached hydrogen (secondary N) is 1. The molecular formula is C21H28N4O4. The van der Waals surface area contributed by atoms with Crippen LogP contribution in [0.2, 0.25) is 0 Å². The molecule has 4 amide bonds. The van der Waals surface area contributed by atoms with Gasteiger partial charge in [0.2, 0.25) is 11.8 Å². The molecule has 2 saturated carbocycles. The zero-order valence-corrected chi connectivity index (χ0v) is 16.9. The molecule has 3 N–H and O–H groups in total. The van der Waals surface area contributed by atoms with E-state index in [0.29, 0.717) is 12.3 Å². The fraction of sp³-hybridized carbons (Fsp3) is 0.619. The second-order valence-electron chi connectivity index (χ2n) is 8.84. The molecule has 0 aromatic carbocycles. The summed E-state index contributed by atoms with van der Waals surface area (Å²) in [5, 5.41) is 3.01. The average molecular weight is 400 g/mol. The molecule has 2 heterocycles. The minimum atomic E-state index is -0.559. The topological polar surface area (TPSA) is 115 Å². The first-order valence-corrected chi connectivity index (χ1v) is 10.4. The highest BCUT2D eigenvalue weighted by atomic mass is 16.5. The van der Waals surface area contributed by atoms with Crippen molar-refractivity contribution in [1.82, 2.24) is 15.2 Å². The zero-order chi connectivity index (χ0) is 20.8. The fourth-order valence-corrected chi connectivity index (χ4v) is 4.95. The van der Waals surface area contributed by atoms with E-state index < -0.39 is 5.91 Å². The number of carbonyl (C=O) groups is 3. The Morgan fingerprint density at radius 2 is 2.10 bits per heavy atom. The van der Waals surface area contributed by atoms with Gasteiger partial charge in [-0.1, -0.05) is 20.3 Å². The van der Waals surface area contributed by atoms with E-state index in [4.69, 9.17) is 10.5 Å². The predicted molar refractivity (Wildman–Crippen MR) is 105 cm³/mol. The van der Waals surface area contributed by atoms with Gasteiger partial charge in [0.05, 0.1) is 0 Å². The van der Waals surface area contributed by atoms with Crippen LogP contribution < -0.4 is 15.8 Å². The monoisotopic (exact) mass is 400 g/mol. The third-order valence-corrected chi connectivity index (χ3v) is 6.86. The van der Waals surface area contributed by atoms with E-state index in [-0.39, 0.29) is 47.0 Å². The highest BCUT2D eigenvalue weighted by molar-refractivity contribution is 5.98. The van der Waals surface area contributed by atoms with Gasteiger partial charge >= 0.3 is 6.03 Å². The number of aromatic nitrogens is 1. The molecule has 1 aromatic rings. The first kappa shape index (κ1) is 19.7. The number of rotatable bonds is 6. The lowest BCUT2D eigenvalue weighted by Crippen LogP contribution is -2.66. The van der Waals surface area contributed by atoms with E-state index in [1.807, 2.05) is 0 Å². The van der Waals surface area contributed by atoms with Crippen molar-refractivity contribution in [2.24, 2.45) is 17.1 Å². The third kappa shape index (κ3) is 3.56. The van der Waals surface area contributed by atoms with Gasteiger partial charge in [0.1, 0.15) is 11.7 Å². The molecule has 2 aliphatic carbocycles. The lowest BCUT2D eigenvalue weighted by Gasteiger charge is -2.59. The Morgan fingerprint density at radius 3 is 2.72 bits per heavy atom. The predicted octanol–water partition coefficient (Wildman–Crippen LogP) is 2.23. The molecule has 8 nitrogen and oxygen atoms in total. The number of imide groups is 1. The van der Waals surface area contributed by atoms with Gasteiger partial charge in [-0.15, -0.1) is 0 Å². The number of nitrogens with two attached hydrogens (primary N) is 1. The molecule has 0 radical (unpaired) electrons. The summed E-state index contributed by atoms with van der Waals surface area (Å²) in [6.45, 7) is 4.13. The molecular weight excluding hydrogens is 372 g/mol. The maximum atomic E-state index is 12.6. The van der Waals surface area contributed by atoms with Crippen LogP contribution in [0.4, 0.5) is 4.79 Å². The normalized spacial score (nSPS) is 32.2. The summed E-state index contributed by atoms with van der Waals surface area (Å²) < 4.78 is 5.88. The number of carbonyl (C=O) groups excluding carboxylic acids is 3. The Balaban J connectivity index is 1.30. The van der Waals surface area contributed by atoms with Gasteiger partial charge in [0.25, 0.3) is 5.91 Å². The van der Waals surface area contributed by atoms with Crippen LogP contribution in [0, 0.1) is 11.3 Å². The molecule has 156 valence electrons. The van der Waals surface area contributed by atoms with E-state index in [1.54, 1.807) is 18.3 Å². The smallest absolute Gasteiger partial charge is 0.324 e. The Hall–Kier alpha value is -2.64. The first-order chi connectivity index (χ1) is 13.8. The Labute approximate surface area is 170 Å². The van der Waals surface area contributed by atoms with Crippen molar-refractivity contribution in [3.05, 3.63) is 23.9 Å². The van der Waals surface area contributed by atoms with Gasteiger partial charge in [0, 0.05) is 24.7 Å². The Kier molecular flexibility index (Phi) is 4.96. The second kappa shape index (κ2) is 7.31. The average Bonchev–Trinajstić information content (AvgIpc) is 2.62. The van der Waals surface area contributed by atoms with Crippen LogP contribution in [0.15, 0.2) is 18.3 Å². The summed E-state index contributed by atoms with van der Waals surface area (Å²) in [6.07, 6.45) is 6.14. The molecule has 4 rings (SSSR count).